The molecule has 3 amide bonds. The fourth-order valence-corrected chi connectivity index (χ4v) is 6.95. The molecule has 1 spiro atoms. The number of carbonyl (C=O) groups excluding carboxylic acids is 3. The van der Waals surface area contributed by atoms with Gasteiger partial charge >= 0.3 is 0 Å². The van der Waals surface area contributed by atoms with Crippen molar-refractivity contribution < 1.29 is 24.2 Å². The summed E-state index contributed by atoms with van der Waals surface area (Å²) < 4.78 is 6.79. The van der Waals surface area contributed by atoms with Crippen LogP contribution in [0.5, 0.6) is 0 Å². The number of unbranched alkanes of at least 4 members (excludes halogenated alkanes) is 2. The van der Waals surface area contributed by atoms with Crippen molar-refractivity contribution in [2.75, 3.05) is 13.2 Å². The first kappa shape index (κ1) is 27.6. The maximum atomic E-state index is 14.0. The van der Waals surface area contributed by atoms with E-state index in [1.165, 1.54) is 0 Å². The summed E-state index contributed by atoms with van der Waals surface area (Å²) in [6, 6.07) is 8.96. The highest BCUT2D eigenvalue weighted by atomic mass is 16.5. The van der Waals surface area contributed by atoms with Crippen LogP contribution in [0.4, 0.5) is 0 Å². The normalized spacial score (nSPS) is 30.9. The van der Waals surface area contributed by atoms with Crippen molar-refractivity contribution in [1.82, 2.24) is 15.5 Å². The molecule has 8 heteroatoms. The zero-order valence-corrected chi connectivity index (χ0v) is 22.5. The van der Waals surface area contributed by atoms with Gasteiger partial charge in [-0.1, -0.05) is 50.6 Å². The van der Waals surface area contributed by atoms with E-state index in [-0.39, 0.29) is 30.4 Å². The van der Waals surface area contributed by atoms with Gasteiger partial charge in [0.15, 0.2) is 0 Å². The van der Waals surface area contributed by atoms with Gasteiger partial charge in [0, 0.05) is 25.7 Å². The van der Waals surface area contributed by atoms with E-state index >= 15 is 0 Å². The molecule has 0 aromatic heterocycles. The molecule has 3 fully saturated rings. The predicted molar refractivity (Wildman–Crippen MR) is 140 cm³/mol. The van der Waals surface area contributed by atoms with Crippen LogP contribution >= 0.6 is 0 Å². The molecule has 37 heavy (non-hydrogen) atoms. The molecule has 3 aliphatic heterocycles. The van der Waals surface area contributed by atoms with Crippen LogP contribution in [0.15, 0.2) is 30.3 Å². The lowest BCUT2D eigenvalue weighted by atomic mass is 9.65. The second kappa shape index (κ2) is 11.5. The van der Waals surface area contributed by atoms with Crippen molar-refractivity contribution in [2.45, 2.75) is 102 Å². The third-order valence-electron chi connectivity index (χ3n) is 8.69. The van der Waals surface area contributed by atoms with E-state index in [1.54, 1.807) is 4.90 Å². The Kier molecular flexibility index (Phi) is 8.59. The summed E-state index contributed by atoms with van der Waals surface area (Å²) in [5, 5.41) is 15.4. The molecule has 2 bridgehead atoms. The van der Waals surface area contributed by atoms with Gasteiger partial charge in [0.1, 0.15) is 11.6 Å². The lowest BCUT2D eigenvalue weighted by molar-refractivity contribution is -0.148. The maximum Gasteiger partial charge on any atom is 0.246 e. The maximum absolute atomic E-state index is 14.0. The molecule has 4 rings (SSSR count). The minimum Gasteiger partial charge on any atom is -0.396 e. The minimum atomic E-state index is -0.991. The second-order valence-corrected chi connectivity index (χ2v) is 11.1. The predicted octanol–water partition coefficient (Wildman–Crippen LogP) is 2.93. The Morgan fingerprint density at radius 3 is 2.57 bits per heavy atom. The Morgan fingerprint density at radius 1 is 1.14 bits per heavy atom. The highest BCUT2D eigenvalue weighted by molar-refractivity contribution is 5.99. The highest BCUT2D eigenvalue weighted by Crippen LogP contribution is 2.64. The number of aliphatic hydroxyl groups excluding tert-OH is 1. The number of carbonyl (C=O) groups is 3. The number of fused-ring (bicyclic) bond motifs is 1. The number of ether oxygens (including phenoxy) is 1. The SMILES string of the molecule is CCCC(C)NC(=O)C1N(CCCCCO)C(=O)[C@@H]2[C@@H](C(=O)NCc3ccccc3)[C@@]3(CC)CCC12O3. The third-order valence-corrected chi connectivity index (χ3v) is 8.69. The molecule has 0 radical (unpaired) electrons. The summed E-state index contributed by atoms with van der Waals surface area (Å²) in [6.45, 7) is 6.97. The third kappa shape index (κ3) is 5.02. The van der Waals surface area contributed by atoms with Crippen molar-refractivity contribution in [3.8, 4) is 0 Å². The fraction of sp³-hybridized carbons (Fsp3) is 0.690. The lowest BCUT2D eigenvalue weighted by Gasteiger charge is -2.34. The molecule has 8 nitrogen and oxygen atoms in total. The molecule has 0 aliphatic carbocycles. The standard InChI is InChI=1S/C29H43N3O5/c1-4-12-20(3)31-26(35)24-29-16-15-28(5-2,37-29)22(25(34)30-19-21-13-8-6-9-14-21)23(29)27(36)32(24)17-10-7-11-18-33/h6,8-9,13-14,20,22-24,33H,4-5,7,10-12,15-19H2,1-3H3,(H,30,34)(H,31,35)/t20?,22-,23-,24?,28+,29?/m0/s1. The van der Waals surface area contributed by atoms with E-state index < -0.39 is 29.1 Å². The van der Waals surface area contributed by atoms with Gasteiger partial charge in [0.2, 0.25) is 17.7 Å². The lowest BCUT2D eigenvalue weighted by Crippen LogP contribution is -2.56. The van der Waals surface area contributed by atoms with Crippen LogP contribution in [0.3, 0.4) is 0 Å². The number of nitrogens with one attached hydrogen (secondary N) is 2. The number of benzene rings is 1. The largest absolute Gasteiger partial charge is 0.396 e. The number of amides is 3. The molecular weight excluding hydrogens is 470 g/mol. The van der Waals surface area contributed by atoms with E-state index in [4.69, 9.17) is 4.74 Å². The summed E-state index contributed by atoms with van der Waals surface area (Å²) in [4.78, 5) is 43.2. The van der Waals surface area contributed by atoms with Gasteiger partial charge in [-0.05, 0) is 57.4 Å². The quantitative estimate of drug-likeness (QED) is 0.352. The topological polar surface area (TPSA) is 108 Å². The Balaban J connectivity index is 1.63. The van der Waals surface area contributed by atoms with Crippen LogP contribution in [-0.4, -0.2) is 64.2 Å². The van der Waals surface area contributed by atoms with Gasteiger partial charge < -0.3 is 25.4 Å². The smallest absolute Gasteiger partial charge is 0.246 e. The number of rotatable bonds is 13. The van der Waals surface area contributed by atoms with Crippen molar-refractivity contribution in [3.63, 3.8) is 0 Å². The van der Waals surface area contributed by atoms with Crippen LogP contribution in [0.25, 0.3) is 0 Å². The van der Waals surface area contributed by atoms with E-state index in [1.807, 2.05) is 44.2 Å². The zero-order valence-electron chi connectivity index (χ0n) is 22.5. The molecule has 3 heterocycles. The Hall–Kier alpha value is -2.45. The molecule has 1 aromatic carbocycles. The average molecular weight is 514 g/mol. The molecular formula is C29H43N3O5. The zero-order chi connectivity index (χ0) is 26.6. The Morgan fingerprint density at radius 2 is 1.89 bits per heavy atom. The van der Waals surface area contributed by atoms with E-state index in [2.05, 4.69) is 17.6 Å². The van der Waals surface area contributed by atoms with Crippen molar-refractivity contribution in [2.24, 2.45) is 11.8 Å². The van der Waals surface area contributed by atoms with Crippen LogP contribution in [0.2, 0.25) is 0 Å². The summed E-state index contributed by atoms with van der Waals surface area (Å²) >= 11 is 0. The van der Waals surface area contributed by atoms with Crippen LogP contribution < -0.4 is 10.6 Å². The van der Waals surface area contributed by atoms with Crippen LogP contribution in [-0.2, 0) is 25.7 Å². The highest BCUT2D eigenvalue weighted by Gasteiger charge is 2.78. The summed E-state index contributed by atoms with van der Waals surface area (Å²) in [6.07, 6.45) is 5.76. The molecule has 3 N–H and O–H groups in total. The first-order chi connectivity index (χ1) is 17.8. The summed E-state index contributed by atoms with van der Waals surface area (Å²) in [5.41, 5.74) is -0.738. The van der Waals surface area contributed by atoms with Gasteiger partial charge in [0.25, 0.3) is 0 Å². The monoisotopic (exact) mass is 513 g/mol. The molecule has 3 aliphatic rings. The van der Waals surface area contributed by atoms with Gasteiger partial charge in [-0.2, -0.15) is 0 Å². The van der Waals surface area contributed by atoms with Gasteiger partial charge in [-0.25, -0.2) is 0 Å². The summed E-state index contributed by atoms with van der Waals surface area (Å²) in [7, 11) is 0. The number of aliphatic hydroxyl groups is 1. The van der Waals surface area contributed by atoms with Gasteiger partial charge in [0.05, 0.1) is 17.4 Å². The fourth-order valence-electron chi connectivity index (χ4n) is 6.95. The van der Waals surface area contributed by atoms with Gasteiger partial charge in [-0.3, -0.25) is 14.4 Å². The van der Waals surface area contributed by atoms with E-state index in [0.717, 1.165) is 24.8 Å². The Labute approximate surface area is 220 Å². The molecule has 1 aromatic rings. The number of likely N-dealkylation sites (tertiary alicyclic amines) is 1. The number of nitrogens with zero attached hydrogens (tertiary/aromatic N) is 1. The molecule has 3 saturated heterocycles. The second-order valence-electron chi connectivity index (χ2n) is 11.1. The molecule has 6 atom stereocenters. The molecule has 0 saturated carbocycles. The number of hydrogen-bond acceptors (Lipinski definition) is 5. The van der Waals surface area contributed by atoms with E-state index in [9.17, 15) is 19.5 Å². The van der Waals surface area contributed by atoms with Crippen molar-refractivity contribution in [1.29, 1.82) is 0 Å². The van der Waals surface area contributed by atoms with Crippen LogP contribution in [0, 0.1) is 11.8 Å². The molecule has 204 valence electrons. The summed E-state index contributed by atoms with van der Waals surface area (Å²) in [5.74, 6) is -1.81. The average Bonchev–Trinajstić information content (AvgIpc) is 3.49. The first-order valence-electron chi connectivity index (χ1n) is 14.1. The minimum absolute atomic E-state index is 0.0111. The first-order valence-corrected chi connectivity index (χ1v) is 14.1. The van der Waals surface area contributed by atoms with E-state index in [0.29, 0.717) is 45.2 Å². The van der Waals surface area contributed by atoms with Crippen molar-refractivity contribution >= 4 is 17.7 Å². The van der Waals surface area contributed by atoms with Gasteiger partial charge in [-0.15, -0.1) is 0 Å². The number of hydrogen-bond donors (Lipinski definition) is 3. The Bertz CT molecular complexity index is 972. The van der Waals surface area contributed by atoms with Crippen molar-refractivity contribution in [3.05, 3.63) is 35.9 Å². The van der Waals surface area contributed by atoms with Crippen LogP contribution in [0.1, 0.15) is 77.7 Å². The molecule has 3 unspecified atom stereocenters.